The highest BCUT2D eigenvalue weighted by Gasteiger charge is 1.45. The molecular formula is H4Cl4NO3-. The van der Waals surface area contributed by atoms with Gasteiger partial charge in [0.1, 0.15) is 0 Å². The van der Waals surface area contributed by atoms with Gasteiger partial charge >= 0.3 is 0 Å². The van der Waals surface area contributed by atoms with Crippen LogP contribution in [0, 0.1) is 15.3 Å². The molecule has 0 amide bonds. The molecule has 56 valence electrons. The van der Waals surface area contributed by atoms with E-state index in [2.05, 4.69) is 0 Å². The summed E-state index contributed by atoms with van der Waals surface area (Å²) < 4.78 is 0. The van der Waals surface area contributed by atoms with Crippen molar-refractivity contribution in [2.45, 2.75) is 0 Å². The van der Waals surface area contributed by atoms with E-state index in [1.807, 2.05) is 0 Å². The Morgan fingerprint density at radius 1 is 0.875 bits per heavy atom. The summed E-state index contributed by atoms with van der Waals surface area (Å²) >= 11 is 0. The second kappa shape index (κ2) is 26.4. The normalized spacial score (nSPS) is 3.00. The fourth-order valence-corrected chi connectivity index (χ4v) is 0. The van der Waals surface area contributed by atoms with E-state index in [1.54, 1.807) is 0 Å². The minimum absolute atomic E-state index is 0. The molecule has 4 nitrogen and oxygen atoms in total. The van der Waals surface area contributed by atoms with E-state index in [9.17, 15) is 0 Å². The molecule has 0 aromatic rings. The highest BCUT2D eigenvalue weighted by molar-refractivity contribution is 5.86. The molecule has 0 aliphatic heterocycles. The van der Waals surface area contributed by atoms with Gasteiger partial charge in [0.05, 0.1) is 5.09 Å². The summed E-state index contributed by atoms with van der Waals surface area (Å²) in [7, 11) is 0. The molecule has 0 radical (unpaired) electrons. The molecule has 8 heavy (non-hydrogen) atoms. The first-order valence-electron chi connectivity index (χ1n) is 0.548. The maximum atomic E-state index is 8.25. The second-order valence-corrected chi connectivity index (χ2v) is 0.224. The monoisotopic (exact) mass is 206 g/mol. The van der Waals surface area contributed by atoms with Crippen LogP contribution in [0.3, 0.4) is 0 Å². The van der Waals surface area contributed by atoms with E-state index in [0.717, 1.165) is 0 Å². The minimum atomic E-state index is -1.75. The first-order valence-corrected chi connectivity index (χ1v) is 0.548. The molecule has 0 bridgehead atoms. The maximum absolute atomic E-state index is 8.25. The summed E-state index contributed by atoms with van der Waals surface area (Å²) in [5.74, 6) is 0. The van der Waals surface area contributed by atoms with Crippen molar-refractivity contribution in [1.82, 2.24) is 0 Å². The number of halogens is 4. The molecular weight excluding hydrogens is 204 g/mol. The predicted molar refractivity (Wildman–Crippen MR) is 39.4 cm³/mol. The van der Waals surface area contributed by atoms with Crippen LogP contribution in [0.15, 0.2) is 0 Å². The van der Waals surface area contributed by atoms with Crippen LogP contribution in [0.1, 0.15) is 0 Å². The zero-order chi connectivity index (χ0) is 3.58. The Kier molecular flexibility index (Phi) is 132. The SMILES string of the molecule is Cl.Cl.Cl.Cl.O=[N+]([O-])[O-]. The summed E-state index contributed by atoms with van der Waals surface area (Å²) in [6, 6.07) is 0. The van der Waals surface area contributed by atoms with Crippen LogP contribution >= 0.6 is 49.6 Å². The van der Waals surface area contributed by atoms with Gasteiger partial charge in [-0.2, -0.15) is 0 Å². The van der Waals surface area contributed by atoms with Gasteiger partial charge in [-0.1, -0.05) is 0 Å². The van der Waals surface area contributed by atoms with Gasteiger partial charge in [0.25, 0.3) is 0 Å². The molecule has 0 heterocycles. The molecule has 0 aromatic heterocycles. The van der Waals surface area contributed by atoms with Crippen LogP contribution in [0.5, 0.6) is 0 Å². The Morgan fingerprint density at radius 2 is 0.875 bits per heavy atom. The number of rotatable bonds is 0. The Morgan fingerprint density at radius 3 is 0.875 bits per heavy atom. The third-order valence-electron chi connectivity index (χ3n) is 0. The second-order valence-electron chi connectivity index (χ2n) is 0.224. The molecule has 0 atom stereocenters. The largest absolute Gasteiger partial charge is 0.356 e. The molecule has 0 aromatic carbocycles. The molecule has 0 fully saturated rings. The van der Waals surface area contributed by atoms with E-state index in [1.165, 1.54) is 0 Å². The van der Waals surface area contributed by atoms with Crippen LogP contribution in [0.25, 0.3) is 0 Å². The Labute approximate surface area is 70.4 Å². The summed E-state index contributed by atoms with van der Waals surface area (Å²) in [5, 5.41) is 14.8. The Balaban J connectivity index is -0.00000000750. The number of hydrogen-bond donors (Lipinski definition) is 0. The zero-order valence-electron chi connectivity index (χ0n) is 3.30. The lowest BCUT2D eigenvalue weighted by molar-refractivity contribution is -0.402. The van der Waals surface area contributed by atoms with Crippen molar-refractivity contribution >= 4 is 49.6 Å². The topological polar surface area (TPSA) is 66.2 Å². The Hall–Kier alpha value is 0.360. The predicted octanol–water partition coefficient (Wildman–Crippen LogP) is 1.45. The Bertz CT molecular complexity index is 34.3. The van der Waals surface area contributed by atoms with Gasteiger partial charge in [-0.3, -0.25) is 0 Å². The van der Waals surface area contributed by atoms with Crippen LogP contribution in [-0.4, -0.2) is 5.09 Å². The average Bonchev–Trinajstić information content (AvgIpc) is 0.811. The zero-order valence-corrected chi connectivity index (χ0v) is 6.57. The van der Waals surface area contributed by atoms with Crippen molar-refractivity contribution in [2.24, 2.45) is 0 Å². The quantitative estimate of drug-likeness (QED) is 0.446. The van der Waals surface area contributed by atoms with E-state index in [4.69, 9.17) is 15.3 Å². The molecule has 0 aliphatic rings. The number of nitrogens with zero attached hydrogens (tertiary/aromatic N) is 1. The fraction of sp³-hybridized carbons (Fsp3) is 0. The standard InChI is InChI=1S/4ClH.NO3/c;;;;2-1(3)4/h4*1H;/q;;;;-1. The van der Waals surface area contributed by atoms with Crippen LogP contribution in [0.2, 0.25) is 0 Å². The maximum Gasteiger partial charge on any atom is 0.0689 e. The van der Waals surface area contributed by atoms with Crippen molar-refractivity contribution < 1.29 is 5.09 Å². The van der Waals surface area contributed by atoms with Gasteiger partial charge in [0, 0.05) is 0 Å². The summed E-state index contributed by atoms with van der Waals surface area (Å²) in [5.41, 5.74) is 0. The van der Waals surface area contributed by atoms with Crippen molar-refractivity contribution in [2.75, 3.05) is 0 Å². The third kappa shape index (κ3) is 1410. The van der Waals surface area contributed by atoms with E-state index in [-0.39, 0.29) is 49.6 Å². The first-order chi connectivity index (χ1) is 1.73. The van der Waals surface area contributed by atoms with Crippen molar-refractivity contribution in [3.63, 3.8) is 0 Å². The average molecular weight is 208 g/mol. The van der Waals surface area contributed by atoms with E-state index in [0.29, 0.717) is 0 Å². The molecule has 0 N–H and O–H groups in total. The van der Waals surface area contributed by atoms with Crippen molar-refractivity contribution in [3.05, 3.63) is 15.3 Å². The van der Waals surface area contributed by atoms with Crippen molar-refractivity contribution in [3.8, 4) is 0 Å². The molecule has 0 saturated heterocycles. The summed E-state index contributed by atoms with van der Waals surface area (Å²) in [6.45, 7) is 0. The van der Waals surface area contributed by atoms with Crippen LogP contribution in [0.4, 0.5) is 0 Å². The van der Waals surface area contributed by atoms with Gasteiger partial charge < -0.3 is 15.3 Å². The highest BCUT2D eigenvalue weighted by Crippen LogP contribution is 1.44. The third-order valence-corrected chi connectivity index (χ3v) is 0. The molecule has 0 saturated carbocycles. The summed E-state index contributed by atoms with van der Waals surface area (Å²) in [6.07, 6.45) is 0. The van der Waals surface area contributed by atoms with Crippen LogP contribution in [-0.2, 0) is 0 Å². The smallest absolute Gasteiger partial charge is 0.0689 e. The lowest BCUT2D eigenvalue weighted by Gasteiger charge is -1.74. The first kappa shape index (κ1) is 40.1. The minimum Gasteiger partial charge on any atom is -0.356 e. The number of hydrogen-bond acceptors (Lipinski definition) is 3. The fourth-order valence-electron chi connectivity index (χ4n) is 0. The van der Waals surface area contributed by atoms with Gasteiger partial charge in [0.2, 0.25) is 0 Å². The molecule has 0 unspecified atom stereocenters. The molecule has 0 aliphatic carbocycles. The molecule has 8 heteroatoms. The van der Waals surface area contributed by atoms with E-state index >= 15 is 0 Å². The van der Waals surface area contributed by atoms with Gasteiger partial charge in [-0.25, -0.2) is 0 Å². The molecule has 0 rings (SSSR count). The van der Waals surface area contributed by atoms with Gasteiger partial charge in [0.15, 0.2) is 0 Å². The molecule has 0 spiro atoms. The van der Waals surface area contributed by atoms with Crippen molar-refractivity contribution in [1.29, 1.82) is 0 Å². The van der Waals surface area contributed by atoms with Gasteiger partial charge in [-0.15, -0.1) is 49.6 Å². The lowest BCUT2D eigenvalue weighted by Crippen LogP contribution is -1.74. The van der Waals surface area contributed by atoms with Gasteiger partial charge in [-0.05, 0) is 0 Å². The summed E-state index contributed by atoms with van der Waals surface area (Å²) in [4.78, 5) is 8.25. The highest BCUT2D eigenvalue weighted by atomic mass is 35.5. The lowest BCUT2D eigenvalue weighted by atomic mass is 13.1. The van der Waals surface area contributed by atoms with Crippen LogP contribution < -0.4 is 0 Å². The van der Waals surface area contributed by atoms with E-state index < -0.39 is 5.09 Å².